The molecule has 0 aromatic rings. The summed E-state index contributed by atoms with van der Waals surface area (Å²) < 4.78 is 4.97. The largest absolute Gasteiger partial charge is 0.383 e. The molecule has 0 rings (SSSR count). The van der Waals surface area contributed by atoms with Crippen LogP contribution in [0.4, 0.5) is 0 Å². The van der Waals surface area contributed by atoms with Crippen molar-refractivity contribution in [1.82, 2.24) is 4.90 Å². The number of hydrogen-bond acceptors (Lipinski definition) is 4. The summed E-state index contributed by atoms with van der Waals surface area (Å²) in [7, 11) is 1.71. The van der Waals surface area contributed by atoms with Gasteiger partial charge in [-0.15, -0.1) is 0 Å². The van der Waals surface area contributed by atoms with Crippen LogP contribution in [0.5, 0.6) is 0 Å². The monoisotopic (exact) mass is 188 g/mol. The molecule has 0 saturated heterocycles. The fourth-order valence-electron chi connectivity index (χ4n) is 0.885. The van der Waals surface area contributed by atoms with Gasteiger partial charge in [-0.3, -0.25) is 4.90 Å². The van der Waals surface area contributed by atoms with Crippen molar-refractivity contribution in [3.05, 3.63) is 0 Å². The van der Waals surface area contributed by atoms with Gasteiger partial charge in [0.05, 0.1) is 18.3 Å². The van der Waals surface area contributed by atoms with Crippen LogP contribution < -0.4 is 0 Å². The Labute approximate surface area is 79.4 Å². The van der Waals surface area contributed by atoms with E-state index >= 15 is 0 Å². The van der Waals surface area contributed by atoms with Gasteiger partial charge in [-0.2, -0.15) is 0 Å². The molecule has 0 aliphatic rings. The quantitative estimate of drug-likeness (QED) is 0.441. The Morgan fingerprint density at radius 3 is 2.75 bits per heavy atom. The SMILES string of the molecule is CCN(CCN=C=S)CCOC. The van der Waals surface area contributed by atoms with Gasteiger partial charge in [-0.05, 0) is 18.8 Å². The molecule has 0 aliphatic heterocycles. The molecule has 0 fully saturated rings. The number of nitrogens with zero attached hydrogens (tertiary/aromatic N) is 2. The van der Waals surface area contributed by atoms with E-state index in [-0.39, 0.29) is 0 Å². The maximum absolute atomic E-state index is 4.97. The molecule has 0 aromatic heterocycles. The van der Waals surface area contributed by atoms with Crippen molar-refractivity contribution in [2.45, 2.75) is 6.92 Å². The second-order valence-electron chi connectivity index (χ2n) is 2.40. The normalized spacial score (nSPS) is 9.92. The molecule has 0 aromatic carbocycles. The van der Waals surface area contributed by atoms with Crippen molar-refractivity contribution in [2.75, 3.05) is 39.9 Å². The number of likely N-dealkylation sites (N-methyl/N-ethyl adjacent to an activating group) is 1. The van der Waals surface area contributed by atoms with Gasteiger partial charge in [-0.1, -0.05) is 6.92 Å². The fraction of sp³-hybridized carbons (Fsp3) is 0.875. The van der Waals surface area contributed by atoms with Crippen molar-refractivity contribution >= 4 is 17.4 Å². The van der Waals surface area contributed by atoms with Crippen LogP contribution in [-0.4, -0.2) is 50.0 Å². The Hall–Kier alpha value is -0.280. The number of rotatable bonds is 7. The lowest BCUT2D eigenvalue weighted by atomic mass is 10.4. The van der Waals surface area contributed by atoms with Crippen molar-refractivity contribution in [3.8, 4) is 0 Å². The Bertz CT molecular complexity index is 146. The minimum Gasteiger partial charge on any atom is -0.383 e. The lowest BCUT2D eigenvalue weighted by molar-refractivity contribution is 0.152. The highest BCUT2D eigenvalue weighted by Crippen LogP contribution is 1.87. The third-order valence-corrected chi connectivity index (χ3v) is 1.78. The van der Waals surface area contributed by atoms with Crippen LogP contribution in [0.3, 0.4) is 0 Å². The minimum atomic E-state index is 0.737. The third-order valence-electron chi connectivity index (χ3n) is 1.65. The molecule has 12 heavy (non-hydrogen) atoms. The Balaban J connectivity index is 3.45. The van der Waals surface area contributed by atoms with E-state index in [1.165, 1.54) is 0 Å². The lowest BCUT2D eigenvalue weighted by Gasteiger charge is -2.17. The van der Waals surface area contributed by atoms with Gasteiger partial charge >= 0.3 is 0 Å². The summed E-state index contributed by atoms with van der Waals surface area (Å²) in [6.45, 7) is 6.55. The van der Waals surface area contributed by atoms with E-state index in [9.17, 15) is 0 Å². The van der Waals surface area contributed by atoms with Crippen LogP contribution in [0.1, 0.15) is 6.92 Å². The van der Waals surface area contributed by atoms with Crippen LogP contribution in [0.2, 0.25) is 0 Å². The van der Waals surface area contributed by atoms with E-state index in [0.717, 1.165) is 32.8 Å². The van der Waals surface area contributed by atoms with Gasteiger partial charge in [0.2, 0.25) is 0 Å². The fourth-order valence-corrected chi connectivity index (χ4v) is 0.977. The first-order chi connectivity index (χ1) is 5.85. The van der Waals surface area contributed by atoms with Crippen molar-refractivity contribution in [3.63, 3.8) is 0 Å². The number of ether oxygens (including phenoxy) is 1. The van der Waals surface area contributed by atoms with Crippen molar-refractivity contribution in [2.24, 2.45) is 4.99 Å². The highest BCUT2D eigenvalue weighted by Gasteiger charge is 1.99. The van der Waals surface area contributed by atoms with E-state index < -0.39 is 0 Å². The summed E-state index contributed by atoms with van der Waals surface area (Å²) in [5.74, 6) is 0. The summed E-state index contributed by atoms with van der Waals surface area (Å²) in [4.78, 5) is 6.11. The second kappa shape index (κ2) is 8.81. The maximum Gasteiger partial charge on any atom is 0.0620 e. The molecule has 0 N–H and O–H groups in total. The molecule has 0 radical (unpaired) electrons. The summed E-state index contributed by atoms with van der Waals surface area (Å²) in [5.41, 5.74) is 0. The van der Waals surface area contributed by atoms with E-state index in [1.54, 1.807) is 7.11 Å². The van der Waals surface area contributed by atoms with Gasteiger partial charge in [0.15, 0.2) is 0 Å². The summed E-state index contributed by atoms with van der Waals surface area (Å²) in [6, 6.07) is 0. The van der Waals surface area contributed by atoms with Gasteiger partial charge < -0.3 is 4.74 Å². The molecule has 4 heteroatoms. The molecule has 3 nitrogen and oxygen atoms in total. The van der Waals surface area contributed by atoms with Crippen LogP contribution in [-0.2, 0) is 4.74 Å². The van der Waals surface area contributed by atoms with Gasteiger partial charge in [0.1, 0.15) is 0 Å². The van der Waals surface area contributed by atoms with E-state index in [4.69, 9.17) is 4.74 Å². The van der Waals surface area contributed by atoms with Crippen LogP contribution in [0.15, 0.2) is 4.99 Å². The third kappa shape index (κ3) is 6.43. The number of hydrogen-bond donors (Lipinski definition) is 0. The van der Waals surface area contributed by atoms with E-state index in [1.807, 2.05) is 0 Å². The average Bonchev–Trinajstić information content (AvgIpc) is 2.11. The molecule has 0 aliphatic carbocycles. The van der Waals surface area contributed by atoms with Crippen LogP contribution in [0, 0.1) is 0 Å². The lowest BCUT2D eigenvalue weighted by Crippen LogP contribution is -2.29. The molecular weight excluding hydrogens is 172 g/mol. The van der Waals surface area contributed by atoms with Gasteiger partial charge in [-0.25, -0.2) is 4.99 Å². The molecule has 0 heterocycles. The molecule has 0 atom stereocenters. The highest BCUT2D eigenvalue weighted by atomic mass is 32.1. The zero-order valence-electron chi connectivity index (χ0n) is 7.75. The smallest absolute Gasteiger partial charge is 0.0620 e. The predicted molar refractivity (Wildman–Crippen MR) is 53.9 cm³/mol. The minimum absolute atomic E-state index is 0.737. The van der Waals surface area contributed by atoms with Gasteiger partial charge in [0.25, 0.3) is 0 Å². The average molecular weight is 188 g/mol. The molecule has 0 unspecified atom stereocenters. The van der Waals surface area contributed by atoms with E-state index in [2.05, 4.69) is 34.2 Å². The van der Waals surface area contributed by atoms with Crippen LogP contribution in [0.25, 0.3) is 0 Å². The molecular formula is C8H16N2OS. The molecule has 70 valence electrons. The number of isothiocyanates is 1. The molecule has 0 saturated carbocycles. The van der Waals surface area contributed by atoms with Crippen molar-refractivity contribution < 1.29 is 4.74 Å². The summed E-state index contributed by atoms with van der Waals surface area (Å²) in [5, 5.41) is 2.35. The first-order valence-corrected chi connectivity index (χ1v) is 4.50. The zero-order chi connectivity index (χ0) is 9.23. The first kappa shape index (κ1) is 11.7. The Morgan fingerprint density at radius 2 is 2.25 bits per heavy atom. The molecule has 0 bridgehead atoms. The second-order valence-corrected chi connectivity index (χ2v) is 2.58. The summed E-state index contributed by atoms with van der Waals surface area (Å²) >= 11 is 4.47. The van der Waals surface area contributed by atoms with Gasteiger partial charge in [0, 0.05) is 20.2 Å². The van der Waals surface area contributed by atoms with Crippen molar-refractivity contribution in [1.29, 1.82) is 0 Å². The standard InChI is InChI=1S/C8H16N2OS/c1-3-10(6-7-11-2)5-4-9-8-12/h3-7H2,1-2H3. The Kier molecular flexibility index (Phi) is 8.61. The number of aliphatic imine (C=N–C) groups is 1. The Morgan fingerprint density at radius 1 is 1.50 bits per heavy atom. The summed E-state index contributed by atoms with van der Waals surface area (Å²) in [6.07, 6.45) is 0. The highest BCUT2D eigenvalue weighted by molar-refractivity contribution is 7.78. The van der Waals surface area contributed by atoms with Crippen LogP contribution >= 0.6 is 12.2 Å². The predicted octanol–water partition coefficient (Wildman–Crippen LogP) is 1.06. The topological polar surface area (TPSA) is 24.8 Å². The maximum atomic E-state index is 4.97. The number of thiocarbonyl (C=S) groups is 1. The molecule has 0 spiro atoms. The molecule has 0 amide bonds. The number of methoxy groups -OCH3 is 1. The zero-order valence-corrected chi connectivity index (χ0v) is 8.56. The van der Waals surface area contributed by atoms with E-state index in [0.29, 0.717) is 0 Å². The first-order valence-electron chi connectivity index (χ1n) is 4.10.